The summed E-state index contributed by atoms with van der Waals surface area (Å²) >= 11 is 0. The van der Waals surface area contributed by atoms with Crippen molar-refractivity contribution < 1.29 is 0 Å². The number of rotatable bonds is 45. The van der Waals surface area contributed by atoms with E-state index in [1.165, 1.54) is 250 Å². The lowest BCUT2D eigenvalue weighted by Crippen LogP contribution is -1.97. The van der Waals surface area contributed by atoms with Gasteiger partial charge in [0.1, 0.15) is 0 Å². The maximum absolute atomic E-state index is 2.32. The highest BCUT2D eigenvalue weighted by atomic mass is 31.1. The van der Waals surface area contributed by atoms with Gasteiger partial charge in [0.15, 0.2) is 0 Å². The topological polar surface area (TPSA) is 0 Å². The molecule has 0 aromatic carbocycles. The summed E-state index contributed by atoms with van der Waals surface area (Å²) in [4.78, 5) is 0. The van der Waals surface area contributed by atoms with Gasteiger partial charge in [-0.15, -0.1) is 7.92 Å². The van der Waals surface area contributed by atoms with Crippen molar-refractivity contribution in [2.75, 3.05) is 18.5 Å². The van der Waals surface area contributed by atoms with Crippen molar-refractivity contribution in [2.45, 2.75) is 290 Å². The van der Waals surface area contributed by atoms with E-state index in [0.717, 1.165) is 0 Å². The van der Waals surface area contributed by atoms with E-state index in [9.17, 15) is 0 Å². The number of hydrogen-bond donors (Lipinski definition) is 0. The highest BCUT2D eigenvalue weighted by Crippen LogP contribution is 2.39. The fourth-order valence-electron chi connectivity index (χ4n) is 7.93. The van der Waals surface area contributed by atoms with Crippen LogP contribution in [-0.4, -0.2) is 18.5 Å². The molecule has 49 heavy (non-hydrogen) atoms. The smallest absolute Gasteiger partial charge is 0.0326 e. The average molecular weight is 707 g/mol. The van der Waals surface area contributed by atoms with E-state index in [0.29, 0.717) is 7.92 Å². The second-order valence-electron chi connectivity index (χ2n) is 16.6. The Kier molecular flexibility index (Phi) is 46.9. The Morgan fingerprint density at radius 2 is 0.286 bits per heavy atom. The summed E-state index contributed by atoms with van der Waals surface area (Å²) in [5.74, 6) is 0. The van der Waals surface area contributed by atoms with E-state index in [4.69, 9.17) is 0 Å². The van der Waals surface area contributed by atoms with Gasteiger partial charge in [0.2, 0.25) is 0 Å². The number of hydrogen-bond acceptors (Lipinski definition) is 0. The van der Waals surface area contributed by atoms with Gasteiger partial charge in [0.25, 0.3) is 0 Å². The van der Waals surface area contributed by atoms with Crippen LogP contribution in [0.2, 0.25) is 0 Å². The van der Waals surface area contributed by atoms with Gasteiger partial charge in [0.05, 0.1) is 0 Å². The molecule has 0 nitrogen and oxygen atoms in total. The van der Waals surface area contributed by atoms with Crippen molar-refractivity contribution in [3.05, 3.63) is 0 Å². The van der Waals surface area contributed by atoms with Crippen LogP contribution in [-0.2, 0) is 0 Å². The van der Waals surface area contributed by atoms with Crippen molar-refractivity contribution in [1.29, 1.82) is 0 Å². The van der Waals surface area contributed by atoms with E-state index in [-0.39, 0.29) is 0 Å². The summed E-state index contributed by atoms with van der Waals surface area (Å²) in [7, 11) is 0.318. The largest absolute Gasteiger partial charge is 0.107 e. The molecule has 0 amide bonds. The Morgan fingerprint density at radius 1 is 0.163 bits per heavy atom. The summed E-state index contributed by atoms with van der Waals surface area (Å²) in [6.07, 6.45) is 67.3. The van der Waals surface area contributed by atoms with E-state index in [2.05, 4.69) is 20.8 Å². The molecular weight excluding hydrogens is 608 g/mol. The summed E-state index contributed by atoms with van der Waals surface area (Å²) in [5.41, 5.74) is 0. The van der Waals surface area contributed by atoms with Gasteiger partial charge in [-0.2, -0.15) is 0 Å². The third kappa shape index (κ3) is 44.5. The Balaban J connectivity index is 3.93. The first kappa shape index (κ1) is 49.4. The maximum atomic E-state index is 2.32. The van der Waals surface area contributed by atoms with E-state index >= 15 is 0 Å². The molecule has 0 atom stereocenters. The molecular formula is C48H99P. The summed E-state index contributed by atoms with van der Waals surface area (Å²) in [5, 5.41) is 0. The molecule has 0 saturated carbocycles. The lowest BCUT2D eigenvalue weighted by Gasteiger charge is -2.18. The molecule has 1 heteroatoms. The fourth-order valence-corrected chi connectivity index (χ4v) is 10.6. The minimum atomic E-state index is 0.318. The van der Waals surface area contributed by atoms with Crippen molar-refractivity contribution in [3.63, 3.8) is 0 Å². The second kappa shape index (κ2) is 46.5. The molecule has 0 rings (SSSR count). The third-order valence-electron chi connectivity index (χ3n) is 11.5. The van der Waals surface area contributed by atoms with Gasteiger partial charge >= 0.3 is 0 Å². The molecule has 0 bridgehead atoms. The van der Waals surface area contributed by atoms with Crippen molar-refractivity contribution in [2.24, 2.45) is 0 Å². The molecule has 296 valence electrons. The van der Waals surface area contributed by atoms with Gasteiger partial charge in [-0.25, -0.2) is 0 Å². The minimum Gasteiger partial charge on any atom is -0.107 e. The summed E-state index contributed by atoms with van der Waals surface area (Å²) < 4.78 is 0. The summed E-state index contributed by atoms with van der Waals surface area (Å²) in [6.45, 7) is 6.97. The molecule has 0 heterocycles. The molecule has 0 unspecified atom stereocenters. The first-order valence-corrected chi connectivity index (χ1v) is 26.0. The molecule has 0 saturated heterocycles. The predicted octanol–water partition coefficient (Wildman–Crippen LogP) is 18.9. The van der Waals surface area contributed by atoms with Crippen molar-refractivity contribution >= 4 is 7.92 Å². The lowest BCUT2D eigenvalue weighted by molar-refractivity contribution is 0.537. The van der Waals surface area contributed by atoms with Gasteiger partial charge in [-0.3, -0.25) is 0 Å². The standard InChI is InChI=1S/C48H99P/c1-4-7-10-13-16-19-22-25-28-31-34-37-40-43-46-49(47-44-41-38-35-32-29-26-23-20-17-14-11-8-5-2)48-45-42-39-36-33-30-27-24-21-18-15-12-9-6-3/h4-48H2,1-3H3. The lowest BCUT2D eigenvalue weighted by atomic mass is 10.0. The molecule has 0 aromatic rings. The van der Waals surface area contributed by atoms with E-state index in [1.54, 1.807) is 37.7 Å². The zero-order valence-electron chi connectivity index (χ0n) is 35.3. The van der Waals surface area contributed by atoms with E-state index in [1.807, 2.05) is 0 Å². The van der Waals surface area contributed by atoms with Gasteiger partial charge in [-0.05, 0) is 37.7 Å². The van der Waals surface area contributed by atoms with Crippen LogP contribution in [0.3, 0.4) is 0 Å². The number of unbranched alkanes of at least 4 members (excludes halogenated alkanes) is 39. The first-order chi connectivity index (χ1) is 24.3. The molecule has 0 fully saturated rings. The Bertz CT molecular complexity index is 467. The molecule has 0 spiro atoms. The van der Waals surface area contributed by atoms with Crippen LogP contribution in [0.5, 0.6) is 0 Å². The van der Waals surface area contributed by atoms with Crippen molar-refractivity contribution in [3.8, 4) is 0 Å². The van der Waals surface area contributed by atoms with Crippen LogP contribution in [0.15, 0.2) is 0 Å². The SMILES string of the molecule is CCCCCCCCCCCCCCCCP(CCCCCCCCCCCCCCCC)CCCCCCCCCCCCCCCC. The zero-order chi connectivity index (χ0) is 35.4. The van der Waals surface area contributed by atoms with Gasteiger partial charge in [0, 0.05) is 0 Å². The van der Waals surface area contributed by atoms with Crippen LogP contribution < -0.4 is 0 Å². The van der Waals surface area contributed by atoms with E-state index < -0.39 is 0 Å². The molecule has 0 aromatic heterocycles. The molecule has 0 aliphatic rings. The Labute approximate surface area is 315 Å². The predicted molar refractivity (Wildman–Crippen MR) is 232 cm³/mol. The van der Waals surface area contributed by atoms with Crippen LogP contribution in [0.1, 0.15) is 290 Å². The van der Waals surface area contributed by atoms with Crippen LogP contribution in [0.25, 0.3) is 0 Å². The minimum absolute atomic E-state index is 0.318. The fraction of sp³-hybridized carbons (Fsp3) is 1.00. The highest BCUT2D eigenvalue weighted by molar-refractivity contribution is 7.57. The van der Waals surface area contributed by atoms with Gasteiger partial charge in [-0.1, -0.05) is 271 Å². The highest BCUT2D eigenvalue weighted by Gasteiger charge is 2.08. The molecule has 0 aliphatic carbocycles. The van der Waals surface area contributed by atoms with Crippen LogP contribution in [0, 0.1) is 0 Å². The summed E-state index contributed by atoms with van der Waals surface area (Å²) in [6, 6.07) is 0. The average Bonchev–Trinajstić information content (AvgIpc) is 3.11. The molecule has 0 N–H and O–H groups in total. The molecule has 0 radical (unpaired) electrons. The quantitative estimate of drug-likeness (QED) is 0.0437. The Hall–Kier alpha value is 0.430. The zero-order valence-corrected chi connectivity index (χ0v) is 36.2. The first-order valence-electron chi connectivity index (χ1n) is 24.1. The third-order valence-corrected chi connectivity index (χ3v) is 14.3. The normalized spacial score (nSPS) is 11.8. The second-order valence-corrected chi connectivity index (χ2v) is 19.3. The Morgan fingerprint density at radius 3 is 0.429 bits per heavy atom. The maximum Gasteiger partial charge on any atom is -0.0326 e. The van der Waals surface area contributed by atoms with Crippen molar-refractivity contribution in [1.82, 2.24) is 0 Å². The van der Waals surface area contributed by atoms with Crippen LogP contribution in [0.4, 0.5) is 0 Å². The van der Waals surface area contributed by atoms with Gasteiger partial charge < -0.3 is 0 Å². The monoisotopic (exact) mass is 707 g/mol. The molecule has 0 aliphatic heterocycles. The van der Waals surface area contributed by atoms with Crippen LogP contribution >= 0.6 is 7.92 Å².